The largest absolute Gasteiger partial charge is 0.444 e. The zero-order chi connectivity index (χ0) is 14.8. The van der Waals surface area contributed by atoms with Gasteiger partial charge in [0, 0.05) is 18.1 Å². The maximum atomic E-state index is 5.93. The summed E-state index contributed by atoms with van der Waals surface area (Å²) < 4.78 is 11.5. The number of oxazole rings is 1. The number of rotatable bonds is 3. The maximum absolute atomic E-state index is 5.93. The van der Waals surface area contributed by atoms with Crippen LogP contribution in [0.5, 0.6) is 0 Å². The Morgan fingerprint density at radius 1 is 1.29 bits per heavy atom. The van der Waals surface area contributed by atoms with Gasteiger partial charge in [0.1, 0.15) is 5.76 Å². The number of ether oxygens (including phenoxy) is 1. The predicted molar refractivity (Wildman–Crippen MR) is 81.4 cm³/mol. The summed E-state index contributed by atoms with van der Waals surface area (Å²) in [6, 6.07) is 7.85. The van der Waals surface area contributed by atoms with Gasteiger partial charge in [-0.15, -0.1) is 0 Å². The van der Waals surface area contributed by atoms with Gasteiger partial charge in [-0.05, 0) is 31.5 Å². The summed E-state index contributed by atoms with van der Waals surface area (Å²) in [7, 11) is 0. The molecule has 1 unspecified atom stereocenters. The van der Waals surface area contributed by atoms with Gasteiger partial charge in [0.05, 0.1) is 24.9 Å². The average molecular weight is 307 g/mol. The second-order valence-corrected chi connectivity index (χ2v) is 5.83. The molecule has 112 valence electrons. The summed E-state index contributed by atoms with van der Waals surface area (Å²) >= 11 is 5.93. The highest BCUT2D eigenvalue weighted by atomic mass is 35.5. The Labute approximate surface area is 129 Å². The molecule has 4 nitrogen and oxygen atoms in total. The molecular weight excluding hydrogens is 288 g/mol. The van der Waals surface area contributed by atoms with E-state index in [-0.39, 0.29) is 6.10 Å². The van der Waals surface area contributed by atoms with Gasteiger partial charge >= 0.3 is 0 Å². The number of morpholine rings is 1. The van der Waals surface area contributed by atoms with Crippen molar-refractivity contribution < 1.29 is 9.15 Å². The van der Waals surface area contributed by atoms with E-state index in [4.69, 9.17) is 20.8 Å². The molecule has 0 N–H and O–H groups in total. The zero-order valence-electron chi connectivity index (χ0n) is 12.3. The topological polar surface area (TPSA) is 38.5 Å². The molecule has 0 amide bonds. The molecule has 1 aliphatic heterocycles. The number of hydrogen-bond acceptors (Lipinski definition) is 4. The lowest BCUT2D eigenvalue weighted by Crippen LogP contribution is -2.37. The van der Waals surface area contributed by atoms with Crippen LogP contribution in [0.2, 0.25) is 5.02 Å². The third kappa shape index (κ3) is 3.46. The van der Waals surface area contributed by atoms with Crippen molar-refractivity contribution >= 4 is 11.6 Å². The molecule has 2 aromatic rings. The first kappa shape index (κ1) is 14.6. The van der Waals surface area contributed by atoms with E-state index in [1.165, 1.54) is 0 Å². The monoisotopic (exact) mass is 306 g/mol. The van der Waals surface area contributed by atoms with Crippen LogP contribution in [-0.2, 0) is 11.3 Å². The minimum absolute atomic E-state index is 0.0770. The van der Waals surface area contributed by atoms with Crippen LogP contribution in [0.4, 0.5) is 0 Å². The van der Waals surface area contributed by atoms with E-state index in [9.17, 15) is 0 Å². The van der Waals surface area contributed by atoms with Crippen LogP contribution in [-0.4, -0.2) is 29.6 Å². The first-order valence-corrected chi connectivity index (χ1v) is 7.52. The van der Waals surface area contributed by atoms with E-state index in [1.54, 1.807) is 0 Å². The summed E-state index contributed by atoms with van der Waals surface area (Å²) in [6.45, 7) is 7.08. The third-order valence-corrected chi connectivity index (χ3v) is 4.08. The van der Waals surface area contributed by atoms with Gasteiger partial charge in [0.2, 0.25) is 5.89 Å². The molecule has 1 aromatic heterocycles. The van der Waals surface area contributed by atoms with E-state index in [0.717, 1.165) is 47.6 Å². The number of aryl methyl sites for hydroxylation is 2. The predicted octanol–water partition coefficient (Wildman–Crippen LogP) is 3.52. The van der Waals surface area contributed by atoms with E-state index >= 15 is 0 Å². The highest BCUT2D eigenvalue weighted by Crippen LogP contribution is 2.24. The molecule has 1 fully saturated rings. The van der Waals surface area contributed by atoms with Crippen molar-refractivity contribution in [2.24, 2.45) is 0 Å². The number of benzene rings is 1. The van der Waals surface area contributed by atoms with Crippen LogP contribution in [0, 0.1) is 13.8 Å². The smallest absolute Gasteiger partial charge is 0.208 e. The fourth-order valence-corrected chi connectivity index (χ4v) is 2.65. The van der Waals surface area contributed by atoms with E-state index in [1.807, 2.05) is 38.1 Å². The van der Waals surface area contributed by atoms with Crippen molar-refractivity contribution in [2.75, 3.05) is 19.7 Å². The third-order valence-electron chi connectivity index (χ3n) is 3.82. The van der Waals surface area contributed by atoms with Gasteiger partial charge in [-0.1, -0.05) is 23.7 Å². The SMILES string of the molecule is Cc1nc(CN2CCOC(c3ccc(Cl)cc3)C2)oc1C. The Morgan fingerprint density at radius 3 is 2.71 bits per heavy atom. The molecule has 1 saturated heterocycles. The molecule has 0 radical (unpaired) electrons. The van der Waals surface area contributed by atoms with Crippen LogP contribution < -0.4 is 0 Å². The molecule has 0 aliphatic carbocycles. The van der Waals surface area contributed by atoms with E-state index in [0.29, 0.717) is 6.61 Å². The molecular formula is C16H19ClN2O2. The average Bonchev–Trinajstić information content (AvgIpc) is 2.78. The zero-order valence-corrected chi connectivity index (χ0v) is 13.1. The summed E-state index contributed by atoms with van der Waals surface area (Å²) in [5.41, 5.74) is 2.12. The number of hydrogen-bond donors (Lipinski definition) is 0. The fraction of sp³-hybridized carbons (Fsp3) is 0.438. The molecule has 1 aliphatic rings. The Morgan fingerprint density at radius 2 is 2.05 bits per heavy atom. The first-order valence-electron chi connectivity index (χ1n) is 7.14. The lowest BCUT2D eigenvalue weighted by molar-refractivity contribution is -0.0352. The van der Waals surface area contributed by atoms with Crippen molar-refractivity contribution in [3.8, 4) is 0 Å². The second kappa shape index (κ2) is 6.18. The van der Waals surface area contributed by atoms with Crippen LogP contribution >= 0.6 is 11.6 Å². The first-order chi connectivity index (χ1) is 10.1. The Balaban J connectivity index is 1.66. The maximum Gasteiger partial charge on any atom is 0.208 e. The summed E-state index contributed by atoms with van der Waals surface area (Å²) in [4.78, 5) is 6.76. The molecule has 1 atom stereocenters. The van der Waals surface area contributed by atoms with Crippen LogP contribution in [0.25, 0.3) is 0 Å². The molecule has 0 bridgehead atoms. The van der Waals surface area contributed by atoms with Crippen LogP contribution in [0.3, 0.4) is 0 Å². The van der Waals surface area contributed by atoms with Crippen LogP contribution in [0.15, 0.2) is 28.7 Å². The minimum atomic E-state index is 0.0770. The molecule has 5 heteroatoms. The Bertz CT molecular complexity index is 590. The van der Waals surface area contributed by atoms with E-state index < -0.39 is 0 Å². The Kier molecular flexibility index (Phi) is 4.29. The van der Waals surface area contributed by atoms with Gasteiger partial charge in [0.25, 0.3) is 0 Å². The molecule has 0 saturated carbocycles. The van der Waals surface area contributed by atoms with Gasteiger partial charge in [0.15, 0.2) is 0 Å². The van der Waals surface area contributed by atoms with Gasteiger partial charge in [-0.3, -0.25) is 4.90 Å². The van der Waals surface area contributed by atoms with Crippen molar-refractivity contribution in [1.29, 1.82) is 0 Å². The lowest BCUT2D eigenvalue weighted by atomic mass is 10.1. The van der Waals surface area contributed by atoms with Crippen LogP contribution in [0.1, 0.15) is 29.0 Å². The number of nitrogens with zero attached hydrogens (tertiary/aromatic N) is 2. The van der Waals surface area contributed by atoms with Crippen molar-refractivity contribution in [3.63, 3.8) is 0 Å². The number of aromatic nitrogens is 1. The van der Waals surface area contributed by atoms with Gasteiger partial charge in [-0.25, -0.2) is 4.98 Å². The normalized spacial score (nSPS) is 19.9. The van der Waals surface area contributed by atoms with Gasteiger partial charge < -0.3 is 9.15 Å². The molecule has 0 spiro atoms. The summed E-state index contributed by atoms with van der Waals surface area (Å²) in [5, 5.41) is 0.747. The standard InChI is InChI=1S/C16H19ClN2O2/c1-11-12(2)21-16(18-11)10-19-7-8-20-15(9-19)13-3-5-14(17)6-4-13/h3-6,15H,7-10H2,1-2H3. The lowest BCUT2D eigenvalue weighted by Gasteiger charge is -2.32. The summed E-state index contributed by atoms with van der Waals surface area (Å²) in [6.07, 6.45) is 0.0770. The molecule has 1 aromatic carbocycles. The van der Waals surface area contributed by atoms with E-state index in [2.05, 4.69) is 9.88 Å². The molecule has 2 heterocycles. The second-order valence-electron chi connectivity index (χ2n) is 5.40. The molecule has 3 rings (SSSR count). The van der Waals surface area contributed by atoms with Gasteiger partial charge in [-0.2, -0.15) is 0 Å². The van der Waals surface area contributed by atoms with Crippen molar-refractivity contribution in [3.05, 3.63) is 52.2 Å². The highest BCUT2D eigenvalue weighted by molar-refractivity contribution is 6.30. The highest BCUT2D eigenvalue weighted by Gasteiger charge is 2.23. The number of halogens is 1. The minimum Gasteiger partial charge on any atom is -0.444 e. The quantitative estimate of drug-likeness (QED) is 0.869. The Hall–Kier alpha value is -1.36. The summed E-state index contributed by atoms with van der Waals surface area (Å²) in [5.74, 6) is 1.68. The van der Waals surface area contributed by atoms with Crippen molar-refractivity contribution in [2.45, 2.75) is 26.5 Å². The molecule has 21 heavy (non-hydrogen) atoms. The fourth-order valence-electron chi connectivity index (χ4n) is 2.52. The van der Waals surface area contributed by atoms with Crippen molar-refractivity contribution in [1.82, 2.24) is 9.88 Å².